The molecule has 0 aliphatic carbocycles. The fourth-order valence-corrected chi connectivity index (χ4v) is 2.28. The van der Waals surface area contributed by atoms with Crippen molar-refractivity contribution in [1.29, 1.82) is 0 Å². The number of nitrogens with zero attached hydrogens (tertiary/aromatic N) is 1. The van der Waals surface area contributed by atoms with E-state index in [-0.39, 0.29) is 12.1 Å². The number of amides is 1. The van der Waals surface area contributed by atoms with Crippen molar-refractivity contribution in [2.75, 3.05) is 20.8 Å². The first-order valence-corrected chi connectivity index (χ1v) is 6.88. The zero-order valence-corrected chi connectivity index (χ0v) is 12.7. The molecule has 1 aromatic rings. The topological polar surface area (TPSA) is 38.8 Å². The quantitative estimate of drug-likeness (QED) is 0.680. The molecular formula is C17H23NO3. The highest BCUT2D eigenvalue weighted by molar-refractivity contribution is 5.68. The average molecular weight is 289 g/mol. The number of ether oxygens (including phenoxy) is 2. The molecule has 0 heterocycles. The smallest absolute Gasteiger partial charge is 0.410 e. The third-order valence-electron chi connectivity index (χ3n) is 3.25. The molecule has 0 spiro atoms. The molecule has 21 heavy (non-hydrogen) atoms. The van der Waals surface area contributed by atoms with Crippen LogP contribution in [-0.4, -0.2) is 31.8 Å². The highest BCUT2D eigenvalue weighted by atomic mass is 16.5. The Hall–Kier alpha value is -2.23. The summed E-state index contributed by atoms with van der Waals surface area (Å²) in [5.74, 6) is 0.754. The van der Waals surface area contributed by atoms with Crippen LogP contribution in [0.1, 0.15) is 24.4 Å². The van der Waals surface area contributed by atoms with Crippen molar-refractivity contribution in [3.63, 3.8) is 0 Å². The zero-order valence-electron chi connectivity index (χ0n) is 12.7. The van der Waals surface area contributed by atoms with Crippen LogP contribution in [0.25, 0.3) is 0 Å². The van der Waals surface area contributed by atoms with Crippen molar-refractivity contribution in [2.24, 2.45) is 0 Å². The SMILES string of the molecule is C=CCCC(c1ccccc1OC)N(CC=C)C(=O)OC. The van der Waals surface area contributed by atoms with Crippen LogP contribution in [0.3, 0.4) is 0 Å². The summed E-state index contributed by atoms with van der Waals surface area (Å²) in [6.45, 7) is 7.88. The van der Waals surface area contributed by atoms with Gasteiger partial charge in [-0.25, -0.2) is 4.79 Å². The number of carbonyl (C=O) groups is 1. The Balaban J connectivity index is 3.20. The summed E-state index contributed by atoms with van der Waals surface area (Å²) >= 11 is 0. The molecule has 1 atom stereocenters. The minimum atomic E-state index is -0.380. The average Bonchev–Trinajstić information content (AvgIpc) is 2.53. The molecule has 4 nitrogen and oxygen atoms in total. The van der Waals surface area contributed by atoms with Gasteiger partial charge in [0.1, 0.15) is 5.75 Å². The van der Waals surface area contributed by atoms with E-state index in [1.165, 1.54) is 7.11 Å². The number of rotatable bonds is 8. The molecule has 0 radical (unpaired) electrons. The highest BCUT2D eigenvalue weighted by Crippen LogP contribution is 2.33. The Morgan fingerprint density at radius 1 is 1.29 bits per heavy atom. The minimum Gasteiger partial charge on any atom is -0.496 e. The summed E-state index contributed by atoms with van der Waals surface area (Å²) in [6.07, 6.45) is 4.68. The molecule has 0 aromatic heterocycles. The molecule has 0 saturated heterocycles. The maximum absolute atomic E-state index is 12.1. The molecule has 0 saturated carbocycles. The Kier molecular flexibility index (Phi) is 7.09. The fourth-order valence-electron chi connectivity index (χ4n) is 2.28. The monoisotopic (exact) mass is 289 g/mol. The van der Waals surface area contributed by atoms with Gasteiger partial charge in [0, 0.05) is 12.1 Å². The Labute approximate surface area is 126 Å². The van der Waals surface area contributed by atoms with Crippen molar-refractivity contribution in [3.05, 3.63) is 55.1 Å². The Morgan fingerprint density at radius 2 is 2.00 bits per heavy atom. The molecule has 0 aliphatic heterocycles. The van der Waals surface area contributed by atoms with Gasteiger partial charge >= 0.3 is 6.09 Å². The summed E-state index contributed by atoms with van der Waals surface area (Å²) in [4.78, 5) is 13.7. The van der Waals surface area contributed by atoms with E-state index >= 15 is 0 Å². The van der Waals surface area contributed by atoms with E-state index in [2.05, 4.69) is 13.2 Å². The fraction of sp³-hybridized carbons (Fsp3) is 0.353. The Morgan fingerprint density at radius 3 is 2.57 bits per heavy atom. The molecular weight excluding hydrogens is 266 g/mol. The number of benzene rings is 1. The van der Waals surface area contributed by atoms with Crippen LogP contribution in [-0.2, 0) is 4.74 Å². The second-order valence-electron chi connectivity index (χ2n) is 4.53. The van der Waals surface area contributed by atoms with Gasteiger partial charge in [0.25, 0.3) is 0 Å². The first-order chi connectivity index (χ1) is 10.2. The van der Waals surface area contributed by atoms with Gasteiger partial charge in [-0.15, -0.1) is 13.2 Å². The molecule has 4 heteroatoms. The maximum atomic E-state index is 12.1. The minimum absolute atomic E-state index is 0.149. The van der Waals surface area contributed by atoms with Crippen molar-refractivity contribution in [2.45, 2.75) is 18.9 Å². The van der Waals surface area contributed by atoms with Gasteiger partial charge in [-0.2, -0.15) is 0 Å². The van der Waals surface area contributed by atoms with Gasteiger partial charge in [-0.05, 0) is 18.9 Å². The normalized spacial score (nSPS) is 11.3. The largest absolute Gasteiger partial charge is 0.496 e. The lowest BCUT2D eigenvalue weighted by Crippen LogP contribution is -2.35. The van der Waals surface area contributed by atoms with E-state index in [0.29, 0.717) is 6.54 Å². The van der Waals surface area contributed by atoms with Gasteiger partial charge in [-0.3, -0.25) is 4.90 Å². The van der Waals surface area contributed by atoms with Crippen LogP contribution in [0.15, 0.2) is 49.6 Å². The lowest BCUT2D eigenvalue weighted by molar-refractivity contribution is 0.108. The second-order valence-corrected chi connectivity index (χ2v) is 4.53. The molecule has 0 aliphatic rings. The predicted octanol–water partition coefficient (Wildman–Crippen LogP) is 3.96. The van der Waals surface area contributed by atoms with Crippen molar-refractivity contribution >= 4 is 6.09 Å². The third kappa shape index (κ3) is 4.38. The number of para-hydroxylation sites is 1. The molecule has 1 rings (SSSR count). The van der Waals surface area contributed by atoms with E-state index in [4.69, 9.17) is 9.47 Å². The summed E-state index contributed by atoms with van der Waals surface area (Å²) in [5.41, 5.74) is 0.953. The molecule has 0 fully saturated rings. The summed E-state index contributed by atoms with van der Waals surface area (Å²) in [6, 6.07) is 7.54. The third-order valence-corrected chi connectivity index (χ3v) is 3.25. The van der Waals surface area contributed by atoms with E-state index in [1.807, 2.05) is 30.3 Å². The second kappa shape index (κ2) is 8.84. The number of hydrogen-bond acceptors (Lipinski definition) is 3. The summed E-state index contributed by atoms with van der Waals surface area (Å²) in [7, 11) is 3.00. The van der Waals surface area contributed by atoms with Crippen LogP contribution in [0.4, 0.5) is 4.79 Å². The first kappa shape index (κ1) is 16.8. The van der Waals surface area contributed by atoms with E-state index in [1.54, 1.807) is 18.1 Å². The maximum Gasteiger partial charge on any atom is 0.410 e. The summed E-state index contributed by atoms with van der Waals surface area (Å²) in [5, 5.41) is 0. The van der Waals surface area contributed by atoms with Gasteiger partial charge in [0.05, 0.1) is 20.3 Å². The molecule has 1 unspecified atom stereocenters. The van der Waals surface area contributed by atoms with Crippen LogP contribution in [0.2, 0.25) is 0 Å². The van der Waals surface area contributed by atoms with Crippen molar-refractivity contribution in [1.82, 2.24) is 4.90 Å². The van der Waals surface area contributed by atoms with Crippen molar-refractivity contribution < 1.29 is 14.3 Å². The van der Waals surface area contributed by atoms with E-state index < -0.39 is 0 Å². The van der Waals surface area contributed by atoms with E-state index in [0.717, 1.165) is 24.2 Å². The number of allylic oxidation sites excluding steroid dienone is 1. The van der Waals surface area contributed by atoms with Crippen molar-refractivity contribution in [3.8, 4) is 5.75 Å². The van der Waals surface area contributed by atoms with Gasteiger partial charge in [0.15, 0.2) is 0 Å². The molecule has 114 valence electrons. The number of carbonyl (C=O) groups excluding carboxylic acids is 1. The molecule has 0 bridgehead atoms. The van der Waals surface area contributed by atoms with Crippen LogP contribution < -0.4 is 4.74 Å². The molecule has 1 amide bonds. The molecule has 0 N–H and O–H groups in total. The van der Waals surface area contributed by atoms with Gasteiger partial charge in [-0.1, -0.05) is 30.4 Å². The van der Waals surface area contributed by atoms with Crippen LogP contribution in [0, 0.1) is 0 Å². The standard InChI is InChI=1S/C17H23NO3/c1-5-7-11-15(18(13-6-2)17(19)21-4)14-10-8-9-12-16(14)20-3/h5-6,8-10,12,15H,1-2,7,11,13H2,3-4H3. The van der Waals surface area contributed by atoms with Gasteiger partial charge in [0.2, 0.25) is 0 Å². The lowest BCUT2D eigenvalue weighted by atomic mass is 9.99. The van der Waals surface area contributed by atoms with E-state index in [9.17, 15) is 4.79 Å². The molecule has 1 aromatic carbocycles. The Bertz CT molecular complexity index is 485. The first-order valence-electron chi connectivity index (χ1n) is 6.88. The van der Waals surface area contributed by atoms with Gasteiger partial charge < -0.3 is 9.47 Å². The highest BCUT2D eigenvalue weighted by Gasteiger charge is 2.26. The number of hydrogen-bond donors (Lipinski definition) is 0. The number of methoxy groups -OCH3 is 2. The van der Waals surface area contributed by atoms with Crippen LogP contribution >= 0.6 is 0 Å². The zero-order chi connectivity index (χ0) is 15.7. The summed E-state index contributed by atoms with van der Waals surface area (Å²) < 4.78 is 10.3. The lowest BCUT2D eigenvalue weighted by Gasteiger charge is -2.31. The van der Waals surface area contributed by atoms with Crippen LogP contribution in [0.5, 0.6) is 5.75 Å². The predicted molar refractivity (Wildman–Crippen MR) is 84.5 cm³/mol.